The number of aromatic nitrogens is 3. The molecule has 0 spiro atoms. The minimum absolute atomic E-state index is 0.515. The van der Waals surface area contributed by atoms with Crippen molar-refractivity contribution in [3.63, 3.8) is 0 Å². The number of hydrogen-bond donors (Lipinski definition) is 1. The Hall–Kier alpha value is -3.09. The smallest absolute Gasteiger partial charge is 0.219 e. The van der Waals surface area contributed by atoms with E-state index in [0.717, 1.165) is 49.0 Å². The number of hydrogen-bond acceptors (Lipinski definition) is 5. The van der Waals surface area contributed by atoms with Crippen LogP contribution in [0.2, 0.25) is 5.02 Å². The van der Waals surface area contributed by atoms with Crippen LogP contribution >= 0.6 is 11.6 Å². The van der Waals surface area contributed by atoms with E-state index in [1.165, 1.54) is 11.1 Å². The molecule has 1 saturated heterocycles. The van der Waals surface area contributed by atoms with Gasteiger partial charge in [0.15, 0.2) is 0 Å². The van der Waals surface area contributed by atoms with Gasteiger partial charge in [-0.05, 0) is 54.8 Å². The zero-order valence-electron chi connectivity index (χ0n) is 17.9. The fraction of sp³-hybridized carbons (Fsp3) is 0.280. The molecule has 0 amide bonds. The molecule has 164 valence electrons. The van der Waals surface area contributed by atoms with Crippen LogP contribution in [0.1, 0.15) is 18.1 Å². The number of nitrogens with zero attached hydrogens (tertiary/aromatic N) is 3. The van der Waals surface area contributed by atoms with Crippen molar-refractivity contribution in [2.45, 2.75) is 26.4 Å². The van der Waals surface area contributed by atoms with Crippen molar-refractivity contribution < 1.29 is 9.47 Å². The van der Waals surface area contributed by atoms with E-state index in [1.807, 2.05) is 24.3 Å². The van der Waals surface area contributed by atoms with E-state index in [9.17, 15) is 0 Å². The Morgan fingerprint density at radius 3 is 2.59 bits per heavy atom. The number of anilines is 1. The van der Waals surface area contributed by atoms with Crippen molar-refractivity contribution in [1.82, 2.24) is 14.5 Å². The molecule has 1 fully saturated rings. The Kier molecular flexibility index (Phi) is 5.97. The van der Waals surface area contributed by atoms with Crippen molar-refractivity contribution in [2.24, 2.45) is 5.92 Å². The van der Waals surface area contributed by atoms with E-state index in [4.69, 9.17) is 26.1 Å². The van der Waals surface area contributed by atoms with Gasteiger partial charge in [0.05, 0.1) is 29.3 Å². The third-order valence-corrected chi connectivity index (χ3v) is 5.88. The highest BCUT2D eigenvalue weighted by Crippen LogP contribution is 2.25. The van der Waals surface area contributed by atoms with Crippen LogP contribution in [0.5, 0.6) is 11.6 Å². The normalized spacial score (nSPS) is 13.8. The lowest BCUT2D eigenvalue weighted by atomic mass is 9.98. The highest BCUT2D eigenvalue weighted by Gasteiger charge is 2.19. The molecular formula is C25H25ClN4O2. The number of pyridine rings is 1. The van der Waals surface area contributed by atoms with Gasteiger partial charge in [-0.25, -0.2) is 9.97 Å². The lowest BCUT2D eigenvalue weighted by Crippen LogP contribution is -2.29. The SMILES string of the molecule is CCn1c(NCc2ccc(Oc3ccc(Cl)cn3)cc2)nc2ccc(CC3COC3)cc21. The quantitative estimate of drug-likeness (QED) is 0.374. The summed E-state index contributed by atoms with van der Waals surface area (Å²) in [5.41, 5.74) is 4.67. The van der Waals surface area contributed by atoms with Crippen molar-refractivity contribution in [1.29, 1.82) is 0 Å². The maximum absolute atomic E-state index is 5.87. The molecule has 5 rings (SSSR count). The van der Waals surface area contributed by atoms with Gasteiger partial charge in [0.25, 0.3) is 0 Å². The number of ether oxygens (including phenoxy) is 2. The standard InChI is InChI=1S/C25H25ClN4O2/c1-2-30-23-12-18(11-19-15-31-16-19)5-9-22(23)29-25(30)28-13-17-3-7-21(8-4-17)32-24-10-6-20(26)14-27-24/h3-10,12,14,19H,2,11,13,15-16H2,1H3,(H,28,29). The summed E-state index contributed by atoms with van der Waals surface area (Å²) in [4.78, 5) is 8.97. The maximum Gasteiger partial charge on any atom is 0.219 e. The van der Waals surface area contributed by atoms with Gasteiger partial charge in [-0.3, -0.25) is 0 Å². The zero-order chi connectivity index (χ0) is 21.9. The van der Waals surface area contributed by atoms with Crippen molar-refractivity contribution in [3.8, 4) is 11.6 Å². The lowest BCUT2D eigenvalue weighted by molar-refractivity contribution is -0.0312. The molecule has 1 aliphatic heterocycles. The third kappa shape index (κ3) is 4.56. The second-order valence-corrected chi connectivity index (χ2v) is 8.46. The maximum atomic E-state index is 5.87. The van der Waals surface area contributed by atoms with Crippen LogP contribution in [-0.4, -0.2) is 27.7 Å². The molecule has 0 unspecified atom stereocenters. The summed E-state index contributed by atoms with van der Waals surface area (Å²) in [5.74, 6) is 2.78. The third-order valence-electron chi connectivity index (χ3n) is 5.66. The van der Waals surface area contributed by atoms with Crippen LogP contribution in [-0.2, 0) is 24.2 Å². The molecule has 2 aromatic carbocycles. The van der Waals surface area contributed by atoms with Gasteiger partial charge in [-0.2, -0.15) is 0 Å². The minimum Gasteiger partial charge on any atom is -0.439 e. The second kappa shape index (κ2) is 9.18. The van der Waals surface area contributed by atoms with Gasteiger partial charge < -0.3 is 19.4 Å². The first-order valence-corrected chi connectivity index (χ1v) is 11.2. The number of fused-ring (bicyclic) bond motifs is 1. The Labute approximate surface area is 192 Å². The molecule has 6 nitrogen and oxygen atoms in total. The number of aryl methyl sites for hydroxylation is 1. The fourth-order valence-electron chi connectivity index (χ4n) is 3.89. The number of halogens is 1. The number of nitrogens with one attached hydrogen (secondary N) is 1. The van der Waals surface area contributed by atoms with Gasteiger partial charge >= 0.3 is 0 Å². The van der Waals surface area contributed by atoms with Crippen molar-refractivity contribution in [3.05, 3.63) is 76.9 Å². The Balaban J connectivity index is 1.26. The Bertz CT molecular complexity index is 1200. The van der Waals surface area contributed by atoms with Crippen molar-refractivity contribution >= 4 is 28.6 Å². The summed E-state index contributed by atoms with van der Waals surface area (Å²) in [6, 6.07) is 18.0. The van der Waals surface area contributed by atoms with Crippen molar-refractivity contribution in [2.75, 3.05) is 18.5 Å². The Morgan fingerprint density at radius 2 is 1.91 bits per heavy atom. The van der Waals surface area contributed by atoms with Gasteiger partial charge in [0.2, 0.25) is 11.8 Å². The van der Waals surface area contributed by atoms with Crippen LogP contribution < -0.4 is 10.1 Å². The van der Waals surface area contributed by atoms with E-state index in [1.54, 1.807) is 18.3 Å². The first-order valence-electron chi connectivity index (χ1n) is 10.9. The van der Waals surface area contributed by atoms with Crippen LogP contribution in [0.25, 0.3) is 11.0 Å². The van der Waals surface area contributed by atoms with E-state index in [2.05, 4.69) is 40.0 Å². The van der Waals surface area contributed by atoms with E-state index >= 15 is 0 Å². The summed E-state index contributed by atoms with van der Waals surface area (Å²) in [6.45, 7) is 5.43. The van der Waals surface area contributed by atoms with Crippen LogP contribution in [0.3, 0.4) is 0 Å². The van der Waals surface area contributed by atoms with Gasteiger partial charge in [0, 0.05) is 31.3 Å². The summed E-state index contributed by atoms with van der Waals surface area (Å²) in [5, 5.41) is 4.08. The monoisotopic (exact) mass is 448 g/mol. The molecular weight excluding hydrogens is 424 g/mol. The largest absolute Gasteiger partial charge is 0.439 e. The fourth-order valence-corrected chi connectivity index (χ4v) is 4.00. The number of benzene rings is 2. The lowest BCUT2D eigenvalue weighted by Gasteiger charge is -2.25. The van der Waals surface area contributed by atoms with Crippen LogP contribution in [0, 0.1) is 5.92 Å². The molecule has 0 saturated carbocycles. The average Bonchev–Trinajstić information content (AvgIpc) is 3.14. The number of rotatable bonds is 8. The first kappa shape index (κ1) is 20.8. The molecule has 1 N–H and O–H groups in total. The minimum atomic E-state index is 0.515. The average molecular weight is 449 g/mol. The van der Waals surface area contributed by atoms with E-state index in [0.29, 0.717) is 23.4 Å². The highest BCUT2D eigenvalue weighted by molar-refractivity contribution is 6.30. The predicted octanol–water partition coefficient (Wildman–Crippen LogP) is 5.70. The molecule has 0 bridgehead atoms. The predicted molar refractivity (Wildman–Crippen MR) is 127 cm³/mol. The van der Waals surface area contributed by atoms with Crippen LogP contribution in [0.15, 0.2) is 60.8 Å². The molecule has 7 heteroatoms. The molecule has 1 aliphatic rings. The Morgan fingerprint density at radius 1 is 1.09 bits per heavy atom. The molecule has 32 heavy (non-hydrogen) atoms. The van der Waals surface area contributed by atoms with E-state index in [-0.39, 0.29) is 0 Å². The number of imidazole rings is 1. The highest BCUT2D eigenvalue weighted by atomic mass is 35.5. The summed E-state index contributed by atoms with van der Waals surface area (Å²) < 4.78 is 13.3. The zero-order valence-corrected chi connectivity index (χ0v) is 18.7. The second-order valence-electron chi connectivity index (χ2n) is 8.02. The molecule has 0 aliphatic carbocycles. The molecule has 2 aromatic heterocycles. The van der Waals surface area contributed by atoms with E-state index < -0.39 is 0 Å². The first-order chi connectivity index (χ1) is 15.7. The van der Waals surface area contributed by atoms with Gasteiger partial charge in [0.1, 0.15) is 5.75 Å². The molecule has 3 heterocycles. The molecule has 0 radical (unpaired) electrons. The molecule has 0 atom stereocenters. The van der Waals surface area contributed by atoms with Gasteiger partial charge in [-0.1, -0.05) is 29.8 Å². The summed E-state index contributed by atoms with van der Waals surface area (Å²) >= 11 is 5.87. The van der Waals surface area contributed by atoms with Gasteiger partial charge in [-0.15, -0.1) is 0 Å². The summed E-state index contributed by atoms with van der Waals surface area (Å²) in [7, 11) is 0. The summed E-state index contributed by atoms with van der Waals surface area (Å²) in [6.07, 6.45) is 2.63. The topological polar surface area (TPSA) is 61.2 Å². The van der Waals surface area contributed by atoms with Crippen LogP contribution in [0.4, 0.5) is 5.95 Å². The molecule has 4 aromatic rings.